The summed E-state index contributed by atoms with van der Waals surface area (Å²) in [6.45, 7) is 3.76. The van der Waals surface area contributed by atoms with Crippen LogP contribution in [0.3, 0.4) is 0 Å². The Kier molecular flexibility index (Phi) is 4.03. The molecule has 0 aromatic rings. The first kappa shape index (κ1) is 9.43. The zero-order valence-corrected chi connectivity index (χ0v) is 6.79. The van der Waals surface area contributed by atoms with Gasteiger partial charge >= 0.3 is 0 Å². The Balaban J connectivity index is 3.62. The molecule has 0 rings (SSSR count). The summed E-state index contributed by atoms with van der Waals surface area (Å²) in [5.41, 5.74) is 0. The molecular formula is C7H15NO2. The second-order valence-corrected chi connectivity index (χ2v) is 2.83. The molecule has 0 heterocycles. The molecule has 60 valence electrons. The molecule has 0 saturated heterocycles. The number of carbonyl (C=O) groups is 1. The molecule has 1 amide bonds. The third-order valence-electron chi connectivity index (χ3n) is 1.22. The predicted molar refractivity (Wildman–Crippen MR) is 39.3 cm³/mol. The standard InChI is InChI=1S/C7H15NO2/c1-6(2)4-7(10)8(3)5-9/h6,9H,4-5H2,1-3H3. The van der Waals surface area contributed by atoms with Crippen molar-refractivity contribution in [1.82, 2.24) is 4.90 Å². The summed E-state index contributed by atoms with van der Waals surface area (Å²) in [4.78, 5) is 12.3. The van der Waals surface area contributed by atoms with Crippen molar-refractivity contribution in [1.29, 1.82) is 0 Å². The highest BCUT2D eigenvalue weighted by Crippen LogP contribution is 2.01. The van der Waals surface area contributed by atoms with E-state index >= 15 is 0 Å². The highest BCUT2D eigenvalue weighted by Gasteiger charge is 2.08. The minimum absolute atomic E-state index is 0.00231. The molecular weight excluding hydrogens is 130 g/mol. The normalized spacial score (nSPS) is 10.1. The maximum absolute atomic E-state index is 11.0. The fourth-order valence-corrected chi connectivity index (χ4v) is 0.584. The average Bonchev–Trinajstić information content (AvgIpc) is 1.85. The van der Waals surface area contributed by atoms with Crippen molar-refractivity contribution in [2.75, 3.05) is 13.8 Å². The summed E-state index contributed by atoms with van der Waals surface area (Å²) in [6, 6.07) is 0. The van der Waals surface area contributed by atoms with Crippen molar-refractivity contribution in [3.05, 3.63) is 0 Å². The quantitative estimate of drug-likeness (QED) is 0.585. The van der Waals surface area contributed by atoms with Crippen molar-refractivity contribution >= 4 is 5.91 Å². The van der Waals surface area contributed by atoms with Gasteiger partial charge < -0.3 is 10.0 Å². The van der Waals surface area contributed by atoms with Gasteiger partial charge in [0.15, 0.2) is 0 Å². The zero-order chi connectivity index (χ0) is 8.15. The van der Waals surface area contributed by atoms with Crippen molar-refractivity contribution in [3.8, 4) is 0 Å². The molecule has 0 unspecified atom stereocenters. The van der Waals surface area contributed by atoms with Gasteiger partial charge in [0, 0.05) is 13.5 Å². The van der Waals surface area contributed by atoms with Gasteiger partial charge in [-0.15, -0.1) is 0 Å². The van der Waals surface area contributed by atoms with Crippen LogP contribution in [0.4, 0.5) is 0 Å². The molecule has 0 aliphatic carbocycles. The van der Waals surface area contributed by atoms with E-state index in [9.17, 15) is 4.79 Å². The maximum atomic E-state index is 11.0. The number of carbonyl (C=O) groups excluding carboxylic acids is 1. The lowest BCUT2D eigenvalue weighted by Crippen LogP contribution is -2.28. The molecule has 10 heavy (non-hydrogen) atoms. The van der Waals surface area contributed by atoms with Gasteiger partial charge in [-0.05, 0) is 5.92 Å². The molecule has 0 bridgehead atoms. The van der Waals surface area contributed by atoms with E-state index in [4.69, 9.17) is 5.11 Å². The molecule has 3 nitrogen and oxygen atoms in total. The second-order valence-electron chi connectivity index (χ2n) is 2.83. The highest BCUT2D eigenvalue weighted by molar-refractivity contribution is 5.75. The van der Waals surface area contributed by atoms with E-state index in [-0.39, 0.29) is 12.6 Å². The van der Waals surface area contributed by atoms with Gasteiger partial charge in [0.25, 0.3) is 0 Å². The lowest BCUT2D eigenvalue weighted by atomic mass is 10.1. The Morgan fingerprint density at radius 1 is 1.60 bits per heavy atom. The number of aliphatic hydroxyl groups is 1. The number of amides is 1. The lowest BCUT2D eigenvalue weighted by Gasteiger charge is -2.14. The predicted octanol–water partition coefficient (Wildman–Crippen LogP) is 0.441. The Bertz CT molecular complexity index is 112. The SMILES string of the molecule is CC(C)CC(=O)N(C)CO. The van der Waals surface area contributed by atoms with Crippen molar-refractivity contribution in [2.24, 2.45) is 5.92 Å². The highest BCUT2D eigenvalue weighted by atomic mass is 16.3. The van der Waals surface area contributed by atoms with Gasteiger partial charge in [0.1, 0.15) is 6.73 Å². The van der Waals surface area contributed by atoms with Crippen molar-refractivity contribution in [3.63, 3.8) is 0 Å². The Morgan fingerprint density at radius 2 is 2.10 bits per heavy atom. The van der Waals surface area contributed by atoms with Crippen LogP contribution >= 0.6 is 0 Å². The third-order valence-corrected chi connectivity index (χ3v) is 1.22. The van der Waals surface area contributed by atoms with Crippen molar-refractivity contribution in [2.45, 2.75) is 20.3 Å². The van der Waals surface area contributed by atoms with Crippen LogP contribution in [-0.2, 0) is 4.79 Å². The second kappa shape index (κ2) is 4.28. The molecule has 0 aliphatic rings. The van der Waals surface area contributed by atoms with Gasteiger partial charge in [-0.1, -0.05) is 13.8 Å². The summed E-state index contributed by atoms with van der Waals surface area (Å²) in [5, 5.41) is 8.52. The fourth-order valence-electron chi connectivity index (χ4n) is 0.584. The number of aliphatic hydroxyl groups excluding tert-OH is 1. The van der Waals surface area contributed by atoms with E-state index < -0.39 is 0 Å². The minimum Gasteiger partial charge on any atom is -0.376 e. The van der Waals surface area contributed by atoms with Crippen LogP contribution in [0.15, 0.2) is 0 Å². The van der Waals surface area contributed by atoms with Gasteiger partial charge in [-0.25, -0.2) is 0 Å². The minimum atomic E-state index is -0.189. The molecule has 0 aromatic heterocycles. The van der Waals surface area contributed by atoms with Crippen LogP contribution < -0.4 is 0 Å². The monoisotopic (exact) mass is 145 g/mol. The van der Waals surface area contributed by atoms with E-state index in [0.29, 0.717) is 12.3 Å². The fraction of sp³-hybridized carbons (Fsp3) is 0.857. The summed E-state index contributed by atoms with van der Waals surface area (Å²) in [5.74, 6) is 0.360. The number of rotatable bonds is 3. The van der Waals surface area contributed by atoms with Crippen LogP contribution in [0.2, 0.25) is 0 Å². The van der Waals surface area contributed by atoms with E-state index in [1.807, 2.05) is 13.8 Å². The summed E-state index contributed by atoms with van der Waals surface area (Å²) in [6.07, 6.45) is 0.511. The van der Waals surface area contributed by atoms with Crippen LogP contribution in [-0.4, -0.2) is 29.7 Å². The van der Waals surface area contributed by atoms with E-state index in [2.05, 4.69) is 0 Å². The molecule has 1 N–H and O–H groups in total. The van der Waals surface area contributed by atoms with Crippen LogP contribution in [0.25, 0.3) is 0 Å². The lowest BCUT2D eigenvalue weighted by molar-refractivity contribution is -0.133. The molecule has 0 aliphatic heterocycles. The Labute approximate surface area is 61.6 Å². The smallest absolute Gasteiger partial charge is 0.224 e. The molecule has 3 heteroatoms. The summed E-state index contributed by atoms with van der Waals surface area (Å²) in [7, 11) is 1.59. The topological polar surface area (TPSA) is 40.5 Å². The first-order valence-corrected chi connectivity index (χ1v) is 3.42. The zero-order valence-electron chi connectivity index (χ0n) is 6.79. The van der Waals surface area contributed by atoms with Gasteiger partial charge in [-0.3, -0.25) is 4.79 Å². The van der Waals surface area contributed by atoms with Crippen LogP contribution in [0.5, 0.6) is 0 Å². The van der Waals surface area contributed by atoms with Crippen molar-refractivity contribution < 1.29 is 9.90 Å². The third kappa shape index (κ3) is 3.45. The molecule has 0 spiro atoms. The molecule has 0 radical (unpaired) electrons. The maximum Gasteiger partial charge on any atom is 0.224 e. The largest absolute Gasteiger partial charge is 0.376 e. The van der Waals surface area contributed by atoms with E-state index in [1.165, 1.54) is 4.90 Å². The number of hydrogen-bond donors (Lipinski definition) is 1. The Hall–Kier alpha value is -0.570. The first-order valence-electron chi connectivity index (χ1n) is 3.42. The Morgan fingerprint density at radius 3 is 2.40 bits per heavy atom. The summed E-state index contributed by atoms with van der Waals surface area (Å²) < 4.78 is 0. The van der Waals surface area contributed by atoms with E-state index in [0.717, 1.165) is 0 Å². The van der Waals surface area contributed by atoms with Gasteiger partial charge in [0.05, 0.1) is 0 Å². The number of nitrogens with zero attached hydrogens (tertiary/aromatic N) is 1. The van der Waals surface area contributed by atoms with Gasteiger partial charge in [0.2, 0.25) is 5.91 Å². The molecule has 0 saturated carbocycles. The van der Waals surface area contributed by atoms with Crippen LogP contribution in [0.1, 0.15) is 20.3 Å². The summed E-state index contributed by atoms with van der Waals surface area (Å²) >= 11 is 0. The molecule has 0 aromatic carbocycles. The number of hydrogen-bond acceptors (Lipinski definition) is 2. The average molecular weight is 145 g/mol. The van der Waals surface area contributed by atoms with Crippen LogP contribution in [0, 0.1) is 5.92 Å². The van der Waals surface area contributed by atoms with E-state index in [1.54, 1.807) is 7.05 Å². The molecule has 0 fully saturated rings. The first-order chi connectivity index (χ1) is 4.57. The molecule has 0 atom stereocenters. The van der Waals surface area contributed by atoms with Gasteiger partial charge in [-0.2, -0.15) is 0 Å².